The van der Waals surface area contributed by atoms with E-state index in [-0.39, 0.29) is 11.6 Å². The van der Waals surface area contributed by atoms with E-state index in [1.807, 2.05) is 4.90 Å². The van der Waals surface area contributed by atoms with Crippen LogP contribution < -0.4 is 10.2 Å². The second kappa shape index (κ2) is 8.50. The van der Waals surface area contributed by atoms with E-state index in [9.17, 15) is 22.8 Å². The molecule has 1 aliphatic heterocycles. The zero-order valence-electron chi connectivity index (χ0n) is 16.1. The van der Waals surface area contributed by atoms with Crippen LogP contribution in [-0.2, 0) is 0 Å². The van der Waals surface area contributed by atoms with E-state index >= 15 is 0 Å². The maximum atomic E-state index is 13.8. The highest BCUT2D eigenvalue weighted by molar-refractivity contribution is 6.04. The average molecular weight is 430 g/mol. The van der Waals surface area contributed by atoms with Crippen molar-refractivity contribution >= 4 is 23.3 Å². The van der Waals surface area contributed by atoms with Gasteiger partial charge >= 0.3 is 0 Å². The van der Waals surface area contributed by atoms with Crippen LogP contribution in [0, 0.1) is 17.5 Å². The summed E-state index contributed by atoms with van der Waals surface area (Å²) < 4.78 is 45.3. The fourth-order valence-corrected chi connectivity index (χ4v) is 3.24. The van der Waals surface area contributed by atoms with Crippen LogP contribution in [0.1, 0.15) is 20.9 Å². The summed E-state index contributed by atoms with van der Waals surface area (Å²) in [6, 6.07) is 8.07. The number of pyridine rings is 1. The first-order valence-corrected chi connectivity index (χ1v) is 9.42. The van der Waals surface area contributed by atoms with Crippen LogP contribution >= 0.6 is 0 Å². The summed E-state index contributed by atoms with van der Waals surface area (Å²) in [5.74, 6) is -4.77. The summed E-state index contributed by atoms with van der Waals surface area (Å²) in [7, 11) is 0. The largest absolute Gasteiger partial charge is 0.459 e. The third-order valence-electron chi connectivity index (χ3n) is 4.91. The number of aromatic nitrogens is 1. The first kappa shape index (κ1) is 20.5. The van der Waals surface area contributed by atoms with Crippen LogP contribution in [0.3, 0.4) is 0 Å². The molecule has 1 saturated heterocycles. The molecule has 7 nitrogen and oxygen atoms in total. The molecule has 2 aromatic heterocycles. The molecule has 3 heterocycles. The number of piperazine rings is 1. The Kier molecular flexibility index (Phi) is 5.61. The van der Waals surface area contributed by atoms with Crippen molar-refractivity contribution in [1.29, 1.82) is 0 Å². The van der Waals surface area contributed by atoms with Gasteiger partial charge in [-0.3, -0.25) is 9.59 Å². The monoisotopic (exact) mass is 430 g/mol. The highest BCUT2D eigenvalue weighted by atomic mass is 19.2. The van der Waals surface area contributed by atoms with Gasteiger partial charge in [-0.05, 0) is 36.4 Å². The van der Waals surface area contributed by atoms with E-state index in [0.29, 0.717) is 43.8 Å². The number of nitrogens with one attached hydrogen (secondary N) is 1. The normalized spacial score (nSPS) is 13.9. The Balaban J connectivity index is 1.36. The lowest BCUT2D eigenvalue weighted by atomic mass is 10.2. The van der Waals surface area contributed by atoms with E-state index in [1.54, 1.807) is 29.2 Å². The van der Waals surface area contributed by atoms with Gasteiger partial charge in [-0.2, -0.15) is 0 Å². The van der Waals surface area contributed by atoms with Crippen LogP contribution in [-0.4, -0.2) is 47.9 Å². The molecule has 3 aromatic rings. The summed E-state index contributed by atoms with van der Waals surface area (Å²) in [6.45, 7) is 2.11. The Morgan fingerprint density at radius 2 is 1.74 bits per heavy atom. The van der Waals surface area contributed by atoms with Crippen LogP contribution in [0.15, 0.2) is 53.3 Å². The molecule has 10 heteroatoms. The molecule has 31 heavy (non-hydrogen) atoms. The molecular formula is C21H17F3N4O3. The highest BCUT2D eigenvalue weighted by Crippen LogP contribution is 2.20. The van der Waals surface area contributed by atoms with Gasteiger partial charge in [0.2, 0.25) is 0 Å². The van der Waals surface area contributed by atoms with E-state index in [0.717, 1.165) is 6.07 Å². The second-order valence-electron chi connectivity index (χ2n) is 6.84. The molecular weight excluding hydrogens is 413 g/mol. The number of halogens is 3. The van der Waals surface area contributed by atoms with Gasteiger partial charge in [-0.25, -0.2) is 18.2 Å². The first-order chi connectivity index (χ1) is 14.9. The summed E-state index contributed by atoms with van der Waals surface area (Å²) >= 11 is 0. The van der Waals surface area contributed by atoms with Crippen LogP contribution in [0.4, 0.5) is 24.7 Å². The lowest BCUT2D eigenvalue weighted by Crippen LogP contribution is -2.49. The summed E-state index contributed by atoms with van der Waals surface area (Å²) in [4.78, 5) is 32.4. The fraction of sp³-hybridized carbons (Fsp3) is 0.190. The molecule has 1 aliphatic rings. The predicted octanol–water partition coefficient (Wildman–Crippen LogP) is 3.31. The van der Waals surface area contributed by atoms with Crippen molar-refractivity contribution in [2.75, 3.05) is 36.4 Å². The zero-order valence-corrected chi connectivity index (χ0v) is 16.1. The molecule has 160 valence electrons. The molecule has 0 unspecified atom stereocenters. The SMILES string of the molecule is O=C(Nc1ccc(N2CCN(C(=O)c3ccco3)CC2)nc1)c1ccc(F)c(F)c1F. The van der Waals surface area contributed by atoms with E-state index in [2.05, 4.69) is 10.3 Å². The zero-order chi connectivity index (χ0) is 22.0. The standard InChI is InChI=1S/C21H17F3N4O3/c22-15-5-4-14(18(23)19(15)24)20(29)26-13-3-6-17(25-12-13)27-7-9-28(10-8-27)21(30)16-2-1-11-31-16/h1-6,11-12H,7-10H2,(H,26,29). The number of anilines is 2. The van der Waals surface area contributed by atoms with Crippen LogP contribution in [0.5, 0.6) is 0 Å². The van der Waals surface area contributed by atoms with Crippen molar-refractivity contribution in [3.05, 3.63) is 77.6 Å². The number of hydrogen-bond acceptors (Lipinski definition) is 5. The Hall–Kier alpha value is -3.82. The third kappa shape index (κ3) is 4.23. The van der Waals surface area contributed by atoms with Crippen molar-refractivity contribution in [3.8, 4) is 0 Å². The van der Waals surface area contributed by atoms with E-state index in [4.69, 9.17) is 4.42 Å². The topological polar surface area (TPSA) is 78.7 Å². The third-order valence-corrected chi connectivity index (χ3v) is 4.91. The van der Waals surface area contributed by atoms with Crippen molar-refractivity contribution in [3.63, 3.8) is 0 Å². The number of nitrogens with zero attached hydrogens (tertiary/aromatic N) is 3. The average Bonchev–Trinajstić information content (AvgIpc) is 3.33. The molecule has 1 aromatic carbocycles. The number of amides is 2. The minimum atomic E-state index is -1.70. The van der Waals surface area contributed by atoms with Crippen LogP contribution in [0.2, 0.25) is 0 Å². The molecule has 0 bridgehead atoms. The quantitative estimate of drug-likeness (QED) is 0.643. The number of carbonyl (C=O) groups excluding carboxylic acids is 2. The van der Waals surface area contributed by atoms with Gasteiger partial charge in [0.1, 0.15) is 5.82 Å². The van der Waals surface area contributed by atoms with Crippen molar-refractivity contribution in [1.82, 2.24) is 9.88 Å². The van der Waals surface area contributed by atoms with Crippen molar-refractivity contribution in [2.24, 2.45) is 0 Å². The lowest BCUT2D eigenvalue weighted by molar-refractivity contribution is 0.0714. The molecule has 0 atom stereocenters. The lowest BCUT2D eigenvalue weighted by Gasteiger charge is -2.35. The number of rotatable bonds is 4. The molecule has 0 spiro atoms. The van der Waals surface area contributed by atoms with E-state index < -0.39 is 28.9 Å². The molecule has 0 saturated carbocycles. The number of benzene rings is 1. The summed E-state index contributed by atoms with van der Waals surface area (Å²) in [6.07, 6.45) is 2.83. The Morgan fingerprint density at radius 3 is 2.39 bits per heavy atom. The Labute approximate surface area is 175 Å². The van der Waals surface area contributed by atoms with Gasteiger partial charge in [0.15, 0.2) is 23.2 Å². The molecule has 1 fully saturated rings. The molecule has 0 radical (unpaired) electrons. The molecule has 1 N–H and O–H groups in total. The summed E-state index contributed by atoms with van der Waals surface area (Å²) in [5.41, 5.74) is -0.343. The smallest absolute Gasteiger partial charge is 0.289 e. The number of carbonyl (C=O) groups is 2. The first-order valence-electron chi connectivity index (χ1n) is 9.42. The van der Waals surface area contributed by atoms with Gasteiger partial charge < -0.3 is 19.5 Å². The highest BCUT2D eigenvalue weighted by Gasteiger charge is 2.24. The second-order valence-corrected chi connectivity index (χ2v) is 6.84. The minimum absolute atomic E-state index is 0.167. The van der Waals surface area contributed by atoms with Gasteiger partial charge in [0.05, 0.1) is 23.7 Å². The maximum Gasteiger partial charge on any atom is 0.289 e. The Morgan fingerprint density at radius 1 is 0.968 bits per heavy atom. The maximum absolute atomic E-state index is 13.8. The summed E-state index contributed by atoms with van der Waals surface area (Å²) in [5, 5.41) is 2.40. The molecule has 2 amide bonds. The van der Waals surface area contributed by atoms with Crippen molar-refractivity contribution < 1.29 is 27.2 Å². The number of hydrogen-bond donors (Lipinski definition) is 1. The van der Waals surface area contributed by atoms with Gasteiger partial charge in [0, 0.05) is 26.2 Å². The van der Waals surface area contributed by atoms with Gasteiger partial charge in [-0.15, -0.1) is 0 Å². The predicted molar refractivity (Wildman–Crippen MR) is 105 cm³/mol. The number of furan rings is 1. The fourth-order valence-electron chi connectivity index (χ4n) is 3.24. The van der Waals surface area contributed by atoms with E-state index in [1.165, 1.54) is 12.5 Å². The minimum Gasteiger partial charge on any atom is -0.459 e. The van der Waals surface area contributed by atoms with Gasteiger partial charge in [-0.1, -0.05) is 0 Å². The molecule has 0 aliphatic carbocycles. The van der Waals surface area contributed by atoms with Crippen molar-refractivity contribution in [2.45, 2.75) is 0 Å². The Bertz CT molecular complexity index is 1100. The molecule has 4 rings (SSSR count). The van der Waals surface area contributed by atoms with Gasteiger partial charge in [0.25, 0.3) is 11.8 Å². The van der Waals surface area contributed by atoms with Crippen LogP contribution in [0.25, 0.3) is 0 Å².